The highest BCUT2D eigenvalue weighted by Gasteiger charge is 2.15. The molecular weight excluding hydrogens is 346 g/mol. The standard InChI is InChI=1S/C24H37N3O/c1-5-6-14-27(24(28)17-25-13-12-20(2)3)19-23-11-8-15-26(23)18-22-10-7-9-21(4)16-22/h7-11,15-16,20,25H,5-6,12-14,17-19H2,1-4H3. The quantitative estimate of drug-likeness (QED) is 0.544. The Hall–Kier alpha value is -2.07. The molecule has 2 aromatic rings. The number of benzene rings is 1. The van der Waals surface area contributed by atoms with Crippen LogP contribution in [0.1, 0.15) is 56.9 Å². The second kappa shape index (κ2) is 11.7. The third-order valence-corrected chi connectivity index (χ3v) is 5.02. The van der Waals surface area contributed by atoms with E-state index in [1.54, 1.807) is 0 Å². The lowest BCUT2D eigenvalue weighted by Gasteiger charge is -2.24. The Morgan fingerprint density at radius 3 is 2.75 bits per heavy atom. The fourth-order valence-corrected chi connectivity index (χ4v) is 3.29. The molecule has 0 fully saturated rings. The van der Waals surface area contributed by atoms with E-state index in [0.29, 0.717) is 19.0 Å². The number of aromatic nitrogens is 1. The molecule has 0 aliphatic carbocycles. The van der Waals surface area contributed by atoms with Crippen LogP contribution in [0.2, 0.25) is 0 Å². The zero-order valence-corrected chi connectivity index (χ0v) is 18.1. The minimum Gasteiger partial charge on any atom is -0.345 e. The van der Waals surface area contributed by atoms with Crippen molar-refractivity contribution in [1.29, 1.82) is 0 Å². The van der Waals surface area contributed by atoms with Crippen LogP contribution in [-0.4, -0.2) is 35.0 Å². The van der Waals surface area contributed by atoms with Crippen molar-refractivity contribution in [2.75, 3.05) is 19.6 Å². The molecule has 0 aliphatic heterocycles. The van der Waals surface area contributed by atoms with Gasteiger partial charge in [0.1, 0.15) is 0 Å². The molecule has 0 saturated heterocycles. The van der Waals surface area contributed by atoms with Crippen molar-refractivity contribution in [2.45, 2.75) is 60.0 Å². The number of carbonyl (C=O) groups excluding carboxylic acids is 1. The number of carbonyl (C=O) groups is 1. The Labute approximate surface area is 170 Å². The highest BCUT2D eigenvalue weighted by molar-refractivity contribution is 5.78. The Morgan fingerprint density at radius 2 is 2.04 bits per heavy atom. The van der Waals surface area contributed by atoms with E-state index in [1.807, 2.05) is 4.90 Å². The molecule has 0 unspecified atom stereocenters. The molecular formula is C24H37N3O. The zero-order valence-electron chi connectivity index (χ0n) is 18.1. The number of nitrogens with one attached hydrogen (secondary N) is 1. The summed E-state index contributed by atoms with van der Waals surface area (Å²) in [7, 11) is 0. The third-order valence-electron chi connectivity index (χ3n) is 5.02. The summed E-state index contributed by atoms with van der Waals surface area (Å²) in [6.07, 6.45) is 5.34. The van der Waals surface area contributed by atoms with Gasteiger partial charge in [0.15, 0.2) is 0 Å². The summed E-state index contributed by atoms with van der Waals surface area (Å²) < 4.78 is 2.26. The van der Waals surface area contributed by atoms with E-state index in [0.717, 1.165) is 38.9 Å². The summed E-state index contributed by atoms with van der Waals surface area (Å²) in [5, 5.41) is 3.32. The maximum absolute atomic E-state index is 12.8. The van der Waals surface area contributed by atoms with Crippen molar-refractivity contribution in [3.8, 4) is 0 Å². The van der Waals surface area contributed by atoms with Crippen molar-refractivity contribution in [1.82, 2.24) is 14.8 Å². The predicted octanol–water partition coefficient (Wildman–Crippen LogP) is 4.61. The van der Waals surface area contributed by atoms with Crippen LogP contribution in [0.3, 0.4) is 0 Å². The maximum atomic E-state index is 12.8. The smallest absolute Gasteiger partial charge is 0.236 e. The summed E-state index contributed by atoms with van der Waals surface area (Å²) in [6.45, 7) is 12.4. The van der Waals surface area contributed by atoms with E-state index in [1.165, 1.54) is 16.8 Å². The van der Waals surface area contributed by atoms with Crippen molar-refractivity contribution >= 4 is 5.91 Å². The lowest BCUT2D eigenvalue weighted by Crippen LogP contribution is -2.39. The van der Waals surface area contributed by atoms with Crippen molar-refractivity contribution in [2.24, 2.45) is 5.92 Å². The number of hydrogen-bond acceptors (Lipinski definition) is 2. The molecule has 1 heterocycles. The van der Waals surface area contributed by atoms with Gasteiger partial charge in [0.25, 0.3) is 0 Å². The molecule has 4 nitrogen and oxygen atoms in total. The average molecular weight is 384 g/mol. The number of amides is 1. The number of hydrogen-bond donors (Lipinski definition) is 1. The lowest BCUT2D eigenvalue weighted by molar-refractivity contribution is -0.131. The Kier molecular flexibility index (Phi) is 9.29. The summed E-state index contributed by atoms with van der Waals surface area (Å²) in [5.74, 6) is 0.851. The van der Waals surface area contributed by atoms with Crippen LogP contribution >= 0.6 is 0 Å². The van der Waals surface area contributed by atoms with Crippen LogP contribution in [0.15, 0.2) is 42.6 Å². The number of rotatable bonds is 12. The molecule has 1 amide bonds. The molecule has 0 bridgehead atoms. The molecule has 0 spiro atoms. The van der Waals surface area contributed by atoms with Gasteiger partial charge in [0, 0.05) is 25.0 Å². The molecule has 154 valence electrons. The number of nitrogens with zero attached hydrogens (tertiary/aromatic N) is 2. The van der Waals surface area contributed by atoms with E-state index >= 15 is 0 Å². The van der Waals surface area contributed by atoms with Gasteiger partial charge in [-0.25, -0.2) is 0 Å². The first kappa shape index (κ1) is 22.2. The highest BCUT2D eigenvalue weighted by Crippen LogP contribution is 2.13. The molecule has 28 heavy (non-hydrogen) atoms. The average Bonchev–Trinajstić information content (AvgIpc) is 3.08. The van der Waals surface area contributed by atoms with Crippen molar-refractivity contribution in [3.05, 3.63) is 59.4 Å². The van der Waals surface area contributed by atoms with E-state index in [4.69, 9.17) is 0 Å². The fourth-order valence-electron chi connectivity index (χ4n) is 3.29. The monoisotopic (exact) mass is 383 g/mol. The van der Waals surface area contributed by atoms with Gasteiger partial charge in [-0.3, -0.25) is 4.79 Å². The maximum Gasteiger partial charge on any atom is 0.236 e. The minimum absolute atomic E-state index is 0.195. The predicted molar refractivity (Wildman–Crippen MR) is 117 cm³/mol. The van der Waals surface area contributed by atoms with Gasteiger partial charge >= 0.3 is 0 Å². The summed E-state index contributed by atoms with van der Waals surface area (Å²) >= 11 is 0. The highest BCUT2D eigenvalue weighted by atomic mass is 16.2. The van der Waals surface area contributed by atoms with Crippen LogP contribution in [0.5, 0.6) is 0 Å². The zero-order chi connectivity index (χ0) is 20.4. The molecule has 1 aromatic carbocycles. The Bertz CT molecular complexity index is 720. The summed E-state index contributed by atoms with van der Waals surface area (Å²) in [6, 6.07) is 12.8. The third kappa shape index (κ3) is 7.51. The van der Waals surface area contributed by atoms with Gasteiger partial charge in [-0.15, -0.1) is 0 Å². The lowest BCUT2D eigenvalue weighted by atomic mass is 10.1. The van der Waals surface area contributed by atoms with Crippen molar-refractivity contribution in [3.63, 3.8) is 0 Å². The van der Waals surface area contributed by atoms with Crippen LogP contribution in [0, 0.1) is 12.8 Å². The molecule has 1 aromatic heterocycles. The van der Waals surface area contributed by atoms with E-state index in [-0.39, 0.29) is 5.91 Å². The Balaban J connectivity index is 1.99. The van der Waals surface area contributed by atoms with Gasteiger partial charge in [-0.2, -0.15) is 0 Å². The molecule has 0 saturated carbocycles. The molecule has 0 atom stereocenters. The SMILES string of the molecule is CCCCN(Cc1cccn1Cc1cccc(C)c1)C(=O)CNCCC(C)C. The summed E-state index contributed by atoms with van der Waals surface area (Å²) in [4.78, 5) is 14.8. The van der Waals surface area contributed by atoms with Gasteiger partial charge in [-0.05, 0) is 49.9 Å². The first-order valence-electron chi connectivity index (χ1n) is 10.7. The molecule has 0 aliphatic rings. The molecule has 1 N–H and O–H groups in total. The largest absolute Gasteiger partial charge is 0.345 e. The second-order valence-corrected chi connectivity index (χ2v) is 8.14. The second-order valence-electron chi connectivity index (χ2n) is 8.14. The van der Waals surface area contributed by atoms with Crippen molar-refractivity contribution < 1.29 is 4.79 Å². The van der Waals surface area contributed by atoms with Gasteiger partial charge in [0.05, 0.1) is 13.1 Å². The van der Waals surface area contributed by atoms with Gasteiger partial charge in [-0.1, -0.05) is 57.0 Å². The molecule has 4 heteroatoms. The van der Waals surface area contributed by atoms with E-state index < -0.39 is 0 Å². The van der Waals surface area contributed by atoms with Gasteiger partial charge < -0.3 is 14.8 Å². The number of unbranched alkanes of at least 4 members (excludes halogenated alkanes) is 1. The normalized spacial score (nSPS) is 11.2. The summed E-state index contributed by atoms with van der Waals surface area (Å²) in [5.41, 5.74) is 3.76. The van der Waals surface area contributed by atoms with Crippen LogP contribution < -0.4 is 5.32 Å². The number of aryl methyl sites for hydroxylation is 1. The van der Waals surface area contributed by atoms with E-state index in [9.17, 15) is 4.79 Å². The van der Waals surface area contributed by atoms with Crippen LogP contribution in [-0.2, 0) is 17.9 Å². The van der Waals surface area contributed by atoms with Gasteiger partial charge in [0.2, 0.25) is 5.91 Å². The topological polar surface area (TPSA) is 37.3 Å². The molecule has 2 rings (SSSR count). The van der Waals surface area contributed by atoms with Crippen LogP contribution in [0.25, 0.3) is 0 Å². The first-order chi connectivity index (χ1) is 13.5. The fraction of sp³-hybridized carbons (Fsp3) is 0.542. The first-order valence-corrected chi connectivity index (χ1v) is 10.7. The molecule has 0 radical (unpaired) electrons. The van der Waals surface area contributed by atoms with E-state index in [2.05, 4.69) is 80.2 Å². The minimum atomic E-state index is 0.195. The Morgan fingerprint density at radius 1 is 1.21 bits per heavy atom. The van der Waals surface area contributed by atoms with Crippen LogP contribution in [0.4, 0.5) is 0 Å².